The minimum atomic E-state index is 0. The van der Waals surface area contributed by atoms with E-state index in [0.29, 0.717) is 0 Å². The van der Waals surface area contributed by atoms with Crippen LogP contribution in [0.1, 0.15) is 0 Å². The summed E-state index contributed by atoms with van der Waals surface area (Å²) < 4.78 is 0. The van der Waals surface area contributed by atoms with Gasteiger partial charge in [-0.2, -0.15) is 18.2 Å². The summed E-state index contributed by atoms with van der Waals surface area (Å²) in [5.41, 5.74) is 0. The van der Waals surface area contributed by atoms with E-state index in [2.05, 4.69) is 6.79 Å². The molecular formula is C6H6MnO. The Balaban J connectivity index is 0. The van der Waals surface area contributed by atoms with Crippen molar-refractivity contribution in [1.29, 1.82) is 0 Å². The molecule has 0 aliphatic heterocycles. The molecule has 0 spiro atoms. The summed E-state index contributed by atoms with van der Waals surface area (Å²) in [6.07, 6.45) is 0. The van der Waals surface area contributed by atoms with Crippen LogP contribution in [0.3, 0.4) is 0 Å². The molecule has 1 aromatic carbocycles. The Labute approximate surface area is 59.5 Å². The van der Waals surface area contributed by atoms with Crippen LogP contribution in [-0.4, -0.2) is 6.79 Å². The molecule has 0 fully saturated rings. The van der Waals surface area contributed by atoms with E-state index >= 15 is 0 Å². The van der Waals surface area contributed by atoms with Gasteiger partial charge in [-0.15, -0.1) is 0 Å². The number of hydrogen-bond acceptors (Lipinski definition) is 1. The quantitative estimate of drug-likeness (QED) is 0.307. The van der Waals surface area contributed by atoms with Crippen molar-refractivity contribution in [2.24, 2.45) is 0 Å². The van der Waals surface area contributed by atoms with Crippen molar-refractivity contribution in [2.75, 3.05) is 0 Å². The first-order valence-electron chi connectivity index (χ1n) is 1.90. The van der Waals surface area contributed by atoms with Gasteiger partial charge in [0, 0.05) is 0 Å². The largest absolute Gasteiger partial charge is 2.00 e. The van der Waals surface area contributed by atoms with Crippen molar-refractivity contribution in [3.63, 3.8) is 0 Å². The van der Waals surface area contributed by atoms with Crippen LogP contribution in [0.4, 0.5) is 0 Å². The number of carbonyl (C=O) groups excluding carboxylic acids is 1. The molecule has 0 amide bonds. The molecule has 0 aliphatic carbocycles. The average Bonchev–Trinajstić information content (AvgIpc) is 2.23. The van der Waals surface area contributed by atoms with Crippen LogP contribution in [-0.2, 0) is 21.9 Å². The minimum Gasteiger partial charge on any atom is -0.545 e. The summed E-state index contributed by atoms with van der Waals surface area (Å²) in [5.74, 6) is 0. The topological polar surface area (TPSA) is 17.1 Å². The fourth-order valence-electron chi connectivity index (χ4n) is 0.321. The van der Waals surface area contributed by atoms with Gasteiger partial charge in [-0.05, 0) is 0 Å². The fourth-order valence-corrected chi connectivity index (χ4v) is 0.321. The maximum atomic E-state index is 7.75. The Morgan fingerprint density at radius 3 is 1.62 bits per heavy atom. The van der Waals surface area contributed by atoms with Crippen molar-refractivity contribution in [2.45, 2.75) is 0 Å². The number of hydrogen-bond donors (Lipinski definition) is 0. The summed E-state index contributed by atoms with van der Waals surface area (Å²) in [6.45, 7) is 3.25. The summed E-state index contributed by atoms with van der Waals surface area (Å²) in [6, 6.07) is 10.0. The van der Waals surface area contributed by atoms with E-state index < -0.39 is 0 Å². The second-order valence-corrected chi connectivity index (χ2v) is 0.962. The van der Waals surface area contributed by atoms with Gasteiger partial charge in [-0.3, -0.25) is 6.79 Å². The van der Waals surface area contributed by atoms with E-state index in [1.807, 2.05) is 30.3 Å². The molecule has 0 aliphatic rings. The third-order valence-electron chi connectivity index (χ3n) is 0.556. The van der Waals surface area contributed by atoms with Gasteiger partial charge in [0.2, 0.25) is 0 Å². The van der Waals surface area contributed by atoms with Gasteiger partial charge >= 0.3 is 17.1 Å². The third kappa shape index (κ3) is 5.54. The fraction of sp³-hybridized carbons (Fsp3) is 0. The Kier molecular flexibility index (Phi) is 12.8. The molecular weight excluding hydrogens is 143 g/mol. The molecule has 0 bridgehead atoms. The predicted octanol–water partition coefficient (Wildman–Crippen LogP) is 1.13. The van der Waals surface area contributed by atoms with Gasteiger partial charge in [-0.25, -0.2) is 12.1 Å². The molecule has 43 valence electrons. The maximum absolute atomic E-state index is 7.75. The standard InChI is InChI=1S/C5H5.CHO.Mn/c1-2-4-5-3-1;1-2;/h1-5H;1H;/q2*-1;+2. The SMILES string of the molecule is [CH-]=O.[Mn+2].c1cc[cH-]c1. The molecule has 2 heteroatoms. The zero-order chi connectivity index (χ0) is 5.54. The molecule has 8 heavy (non-hydrogen) atoms. The molecule has 1 nitrogen and oxygen atoms in total. The average molecular weight is 149 g/mol. The molecule has 0 unspecified atom stereocenters. The molecule has 0 saturated heterocycles. The molecule has 0 aromatic heterocycles. The molecule has 1 rings (SSSR count). The molecule has 1 radical (unpaired) electrons. The van der Waals surface area contributed by atoms with Gasteiger partial charge in [0.1, 0.15) is 0 Å². The Bertz CT molecular complexity index is 75.4. The number of rotatable bonds is 0. The molecule has 0 saturated carbocycles. The monoisotopic (exact) mass is 149 g/mol. The van der Waals surface area contributed by atoms with Gasteiger partial charge in [-0.1, -0.05) is 0 Å². The van der Waals surface area contributed by atoms with Crippen LogP contribution >= 0.6 is 0 Å². The van der Waals surface area contributed by atoms with E-state index in [1.54, 1.807) is 0 Å². The second-order valence-electron chi connectivity index (χ2n) is 0.962. The van der Waals surface area contributed by atoms with Gasteiger partial charge in [0.05, 0.1) is 0 Å². The molecule has 0 heterocycles. The van der Waals surface area contributed by atoms with E-state index in [1.165, 1.54) is 0 Å². The van der Waals surface area contributed by atoms with E-state index in [9.17, 15) is 0 Å². The second kappa shape index (κ2) is 9.74. The van der Waals surface area contributed by atoms with Crippen LogP contribution in [0.5, 0.6) is 0 Å². The Morgan fingerprint density at radius 2 is 1.50 bits per heavy atom. The Morgan fingerprint density at radius 1 is 1.12 bits per heavy atom. The van der Waals surface area contributed by atoms with E-state index in [4.69, 9.17) is 4.79 Å². The summed E-state index contributed by atoms with van der Waals surface area (Å²) in [7, 11) is 0. The normalized spacial score (nSPS) is 5.50. The van der Waals surface area contributed by atoms with Crippen molar-refractivity contribution in [3.8, 4) is 0 Å². The first kappa shape index (κ1) is 10.5. The summed E-state index contributed by atoms with van der Waals surface area (Å²) in [4.78, 5) is 7.75. The van der Waals surface area contributed by atoms with Crippen LogP contribution in [0.15, 0.2) is 30.3 Å². The van der Waals surface area contributed by atoms with E-state index in [-0.39, 0.29) is 17.1 Å². The van der Waals surface area contributed by atoms with Gasteiger partial charge < -0.3 is 4.79 Å². The molecule has 1 aromatic rings. The maximum Gasteiger partial charge on any atom is 2.00 e. The Hall–Kier alpha value is -0.461. The molecule has 0 N–H and O–H groups in total. The van der Waals surface area contributed by atoms with Crippen LogP contribution in [0, 0.1) is 0 Å². The third-order valence-corrected chi connectivity index (χ3v) is 0.556. The zero-order valence-corrected chi connectivity index (χ0v) is 5.43. The first-order valence-corrected chi connectivity index (χ1v) is 1.90. The van der Waals surface area contributed by atoms with Crippen LogP contribution in [0.2, 0.25) is 0 Å². The first-order chi connectivity index (χ1) is 3.50. The molecule has 0 atom stereocenters. The summed E-state index contributed by atoms with van der Waals surface area (Å²) >= 11 is 0. The van der Waals surface area contributed by atoms with Crippen molar-refractivity contribution < 1.29 is 21.9 Å². The van der Waals surface area contributed by atoms with Crippen molar-refractivity contribution >= 4 is 6.79 Å². The summed E-state index contributed by atoms with van der Waals surface area (Å²) in [5, 5.41) is 0. The van der Waals surface area contributed by atoms with Gasteiger partial charge in [0.15, 0.2) is 0 Å². The van der Waals surface area contributed by atoms with Crippen molar-refractivity contribution in [3.05, 3.63) is 30.3 Å². The zero-order valence-electron chi connectivity index (χ0n) is 4.25. The van der Waals surface area contributed by atoms with Crippen molar-refractivity contribution in [1.82, 2.24) is 0 Å². The predicted molar refractivity (Wildman–Crippen MR) is 28.8 cm³/mol. The van der Waals surface area contributed by atoms with Crippen LogP contribution < -0.4 is 0 Å². The van der Waals surface area contributed by atoms with Crippen LogP contribution in [0.25, 0.3) is 0 Å². The van der Waals surface area contributed by atoms with E-state index in [0.717, 1.165) is 0 Å². The minimum absolute atomic E-state index is 0. The van der Waals surface area contributed by atoms with Gasteiger partial charge in [0.25, 0.3) is 0 Å². The smallest absolute Gasteiger partial charge is 0.545 e.